The van der Waals surface area contributed by atoms with Gasteiger partial charge in [-0.2, -0.15) is 0 Å². The molecule has 0 aliphatic heterocycles. The van der Waals surface area contributed by atoms with Gasteiger partial charge < -0.3 is 5.73 Å². The fraction of sp³-hybridized carbons (Fsp3) is 0.647. The number of nitrogens with two attached hydrogens (primary N) is 1. The Bertz CT molecular complexity index is 417. The third kappa shape index (κ3) is 2.83. The highest BCUT2D eigenvalue weighted by atomic mass is 35.5. The quantitative estimate of drug-likeness (QED) is 0.805. The van der Waals surface area contributed by atoms with E-state index in [0.29, 0.717) is 5.92 Å². The molecule has 1 aromatic carbocycles. The Kier molecular flexibility index (Phi) is 4.92. The predicted octanol–water partition coefficient (Wildman–Crippen LogP) is 5.01. The highest BCUT2D eigenvalue weighted by Crippen LogP contribution is 2.42. The summed E-state index contributed by atoms with van der Waals surface area (Å²) in [5.74, 6) is 0.582. The van der Waals surface area contributed by atoms with Gasteiger partial charge in [0.2, 0.25) is 0 Å². The van der Waals surface area contributed by atoms with Gasteiger partial charge in [0.25, 0.3) is 0 Å². The largest absolute Gasteiger partial charge is 0.330 e. The Morgan fingerprint density at radius 3 is 2.32 bits per heavy atom. The van der Waals surface area contributed by atoms with Gasteiger partial charge in [-0.3, -0.25) is 0 Å². The molecule has 1 aromatic rings. The standard InChI is InChI=1S/C17H26ClN/c1-3-13(4-2)15-8-7-14(11-16(15)18)17(12-19)9-5-6-10-17/h7-8,11,13H,3-6,9-10,12,19H2,1-2H3. The van der Waals surface area contributed by atoms with Gasteiger partial charge in [-0.25, -0.2) is 0 Å². The molecule has 1 aliphatic carbocycles. The fourth-order valence-corrected chi connectivity index (χ4v) is 3.91. The SMILES string of the molecule is CCC(CC)c1ccc(C2(CN)CCCC2)cc1Cl. The molecule has 19 heavy (non-hydrogen) atoms. The van der Waals surface area contributed by atoms with E-state index in [1.165, 1.54) is 36.8 Å². The first-order valence-corrected chi connectivity index (χ1v) is 8.04. The minimum atomic E-state index is 0.191. The van der Waals surface area contributed by atoms with Crippen molar-refractivity contribution >= 4 is 11.6 Å². The van der Waals surface area contributed by atoms with E-state index in [2.05, 4.69) is 32.0 Å². The zero-order valence-corrected chi connectivity index (χ0v) is 13.0. The number of rotatable bonds is 5. The molecule has 0 unspecified atom stereocenters. The molecule has 0 atom stereocenters. The summed E-state index contributed by atoms with van der Waals surface area (Å²) >= 11 is 6.54. The predicted molar refractivity (Wildman–Crippen MR) is 84.0 cm³/mol. The monoisotopic (exact) mass is 279 g/mol. The van der Waals surface area contributed by atoms with Crippen molar-refractivity contribution in [3.05, 3.63) is 34.3 Å². The van der Waals surface area contributed by atoms with E-state index < -0.39 is 0 Å². The third-order valence-corrected chi connectivity index (χ3v) is 5.32. The average Bonchev–Trinajstić information content (AvgIpc) is 2.92. The van der Waals surface area contributed by atoms with Crippen LogP contribution in [0.3, 0.4) is 0 Å². The molecule has 0 heterocycles. The first-order chi connectivity index (χ1) is 9.16. The van der Waals surface area contributed by atoms with Crippen LogP contribution in [-0.4, -0.2) is 6.54 Å². The van der Waals surface area contributed by atoms with Gasteiger partial charge >= 0.3 is 0 Å². The number of benzene rings is 1. The minimum Gasteiger partial charge on any atom is -0.330 e. The summed E-state index contributed by atoms with van der Waals surface area (Å²) in [6.45, 7) is 5.21. The van der Waals surface area contributed by atoms with Gasteiger partial charge in [-0.15, -0.1) is 0 Å². The zero-order chi connectivity index (χ0) is 13.9. The normalized spacial score (nSPS) is 18.2. The van der Waals surface area contributed by atoms with Crippen molar-refractivity contribution in [2.24, 2.45) is 5.73 Å². The van der Waals surface area contributed by atoms with E-state index >= 15 is 0 Å². The molecular formula is C17H26ClN. The number of hydrogen-bond acceptors (Lipinski definition) is 1. The van der Waals surface area contributed by atoms with Crippen molar-refractivity contribution in [3.63, 3.8) is 0 Å². The van der Waals surface area contributed by atoms with E-state index in [0.717, 1.165) is 24.4 Å². The van der Waals surface area contributed by atoms with Crippen LogP contribution >= 0.6 is 11.6 Å². The lowest BCUT2D eigenvalue weighted by molar-refractivity contribution is 0.453. The van der Waals surface area contributed by atoms with Crippen molar-refractivity contribution < 1.29 is 0 Å². The molecule has 0 spiro atoms. The van der Waals surface area contributed by atoms with Crippen LogP contribution < -0.4 is 5.73 Å². The highest BCUT2D eigenvalue weighted by molar-refractivity contribution is 6.31. The van der Waals surface area contributed by atoms with Gasteiger partial charge in [0.05, 0.1) is 0 Å². The summed E-state index contributed by atoms with van der Waals surface area (Å²) in [6, 6.07) is 6.70. The summed E-state index contributed by atoms with van der Waals surface area (Å²) in [6.07, 6.45) is 7.32. The van der Waals surface area contributed by atoms with Crippen LogP contribution in [0.15, 0.2) is 18.2 Å². The molecule has 2 N–H and O–H groups in total. The first kappa shape index (κ1) is 14.9. The van der Waals surface area contributed by atoms with Crippen molar-refractivity contribution in [1.82, 2.24) is 0 Å². The molecule has 2 heteroatoms. The van der Waals surface area contributed by atoms with E-state index in [1.807, 2.05) is 0 Å². The molecular weight excluding hydrogens is 254 g/mol. The molecule has 1 nitrogen and oxygen atoms in total. The van der Waals surface area contributed by atoms with E-state index in [1.54, 1.807) is 0 Å². The molecule has 1 fully saturated rings. The van der Waals surface area contributed by atoms with E-state index in [4.69, 9.17) is 17.3 Å². The van der Waals surface area contributed by atoms with Gasteiger partial charge in [-0.1, -0.05) is 50.4 Å². The average molecular weight is 280 g/mol. The summed E-state index contributed by atoms with van der Waals surface area (Å²) in [4.78, 5) is 0. The van der Waals surface area contributed by atoms with Crippen LogP contribution in [0.1, 0.15) is 69.4 Å². The van der Waals surface area contributed by atoms with Gasteiger partial charge in [-0.05, 0) is 48.8 Å². The maximum atomic E-state index is 6.54. The maximum absolute atomic E-state index is 6.54. The Hall–Kier alpha value is -0.530. The summed E-state index contributed by atoms with van der Waals surface area (Å²) in [7, 11) is 0. The molecule has 2 rings (SSSR count). The Balaban J connectivity index is 2.32. The summed E-state index contributed by atoms with van der Waals surface area (Å²) < 4.78 is 0. The lowest BCUT2D eigenvalue weighted by Gasteiger charge is -2.29. The first-order valence-electron chi connectivity index (χ1n) is 7.67. The van der Waals surface area contributed by atoms with Gasteiger partial charge in [0.1, 0.15) is 0 Å². The second kappa shape index (κ2) is 6.28. The number of halogens is 1. The van der Waals surface area contributed by atoms with E-state index in [-0.39, 0.29) is 5.41 Å². The molecule has 1 saturated carbocycles. The van der Waals surface area contributed by atoms with Gasteiger partial charge in [0, 0.05) is 17.0 Å². The van der Waals surface area contributed by atoms with Crippen LogP contribution in [0.4, 0.5) is 0 Å². The Morgan fingerprint density at radius 2 is 1.84 bits per heavy atom. The van der Waals surface area contributed by atoms with Crippen LogP contribution in [0, 0.1) is 0 Å². The lowest BCUT2D eigenvalue weighted by Crippen LogP contribution is -2.32. The molecule has 0 saturated heterocycles. The zero-order valence-electron chi connectivity index (χ0n) is 12.2. The van der Waals surface area contributed by atoms with Crippen molar-refractivity contribution in [3.8, 4) is 0 Å². The fourth-order valence-electron chi connectivity index (χ4n) is 3.58. The van der Waals surface area contributed by atoms with Crippen LogP contribution in [-0.2, 0) is 5.41 Å². The van der Waals surface area contributed by atoms with Crippen molar-refractivity contribution in [2.75, 3.05) is 6.54 Å². The Morgan fingerprint density at radius 1 is 1.21 bits per heavy atom. The third-order valence-electron chi connectivity index (χ3n) is 4.99. The molecule has 0 radical (unpaired) electrons. The van der Waals surface area contributed by atoms with Crippen LogP contribution in [0.25, 0.3) is 0 Å². The highest BCUT2D eigenvalue weighted by Gasteiger charge is 2.34. The second-order valence-electron chi connectivity index (χ2n) is 5.94. The van der Waals surface area contributed by atoms with Crippen LogP contribution in [0.2, 0.25) is 5.02 Å². The van der Waals surface area contributed by atoms with Crippen molar-refractivity contribution in [1.29, 1.82) is 0 Å². The molecule has 0 aromatic heterocycles. The van der Waals surface area contributed by atoms with Gasteiger partial charge in [0.15, 0.2) is 0 Å². The molecule has 106 valence electrons. The minimum absolute atomic E-state index is 0.191. The molecule has 0 bridgehead atoms. The Labute approximate surface area is 122 Å². The smallest absolute Gasteiger partial charge is 0.0443 e. The van der Waals surface area contributed by atoms with Crippen LogP contribution in [0.5, 0.6) is 0 Å². The second-order valence-corrected chi connectivity index (χ2v) is 6.35. The van der Waals surface area contributed by atoms with Crippen molar-refractivity contribution in [2.45, 2.75) is 63.7 Å². The molecule has 0 amide bonds. The van der Waals surface area contributed by atoms with E-state index in [9.17, 15) is 0 Å². The summed E-state index contributed by atoms with van der Waals surface area (Å²) in [5.41, 5.74) is 8.91. The maximum Gasteiger partial charge on any atom is 0.0443 e. The lowest BCUT2D eigenvalue weighted by atomic mass is 9.78. The summed E-state index contributed by atoms with van der Waals surface area (Å²) in [5, 5.41) is 0.936. The number of hydrogen-bond donors (Lipinski definition) is 1. The molecule has 1 aliphatic rings. The topological polar surface area (TPSA) is 26.0 Å².